The van der Waals surface area contributed by atoms with Crippen molar-refractivity contribution in [2.75, 3.05) is 7.11 Å². The van der Waals surface area contributed by atoms with Gasteiger partial charge in [0, 0.05) is 0 Å². The molecule has 6 heteroatoms. The first-order chi connectivity index (χ1) is 27.0. The summed E-state index contributed by atoms with van der Waals surface area (Å²) < 4.78 is 0. The number of aliphatic carboxylic acids is 2. The van der Waals surface area contributed by atoms with Crippen molar-refractivity contribution >= 4 is 11.9 Å². The number of benzene rings is 6. The Morgan fingerprint density at radius 2 is 0.649 bits per heavy atom. The normalized spacial score (nSPS) is 12.8. The molecule has 5 nitrogen and oxygen atoms in total. The number of allylic oxidation sites excluding steroid dienone is 4. The zero-order valence-corrected chi connectivity index (χ0v) is 35.0. The molecule has 2 N–H and O–H groups in total. The molecule has 0 saturated carbocycles. The maximum absolute atomic E-state index is 12.4. The average molecular weight is 791 g/mol. The van der Waals surface area contributed by atoms with Gasteiger partial charge < -0.3 is 15.3 Å². The molecule has 6 aromatic carbocycles. The molecule has 6 aromatic rings. The topological polar surface area (TPSA) is 97.7 Å². The van der Waals surface area contributed by atoms with E-state index < -0.39 is 22.8 Å². The van der Waals surface area contributed by atoms with Crippen molar-refractivity contribution in [3.63, 3.8) is 0 Å². The fourth-order valence-electron chi connectivity index (χ4n) is 7.28. The van der Waals surface area contributed by atoms with Crippen LogP contribution in [-0.4, -0.2) is 29.3 Å². The van der Waals surface area contributed by atoms with Gasteiger partial charge in [0.05, 0.1) is 0 Å². The molecule has 0 heterocycles. The largest absolute Gasteiger partial charge is 2.00 e. The van der Waals surface area contributed by atoms with Crippen molar-refractivity contribution in [3.05, 3.63) is 238 Å². The molecule has 0 unspecified atom stereocenters. The van der Waals surface area contributed by atoms with Gasteiger partial charge in [-0.3, -0.25) is 15.7 Å². The van der Waals surface area contributed by atoms with Gasteiger partial charge in [-0.1, -0.05) is 215 Å². The van der Waals surface area contributed by atoms with Crippen LogP contribution in [0.2, 0.25) is 0 Å². The van der Waals surface area contributed by atoms with E-state index in [2.05, 4.69) is 40.7 Å². The fraction of sp³-hybridized carbons (Fsp3) is 0.176. The third-order valence-electron chi connectivity index (χ3n) is 10.4. The molecule has 0 fully saturated rings. The molecule has 0 aliphatic heterocycles. The van der Waals surface area contributed by atoms with Gasteiger partial charge in [-0.05, 0) is 33.4 Å². The zero-order valence-electron chi connectivity index (χ0n) is 33.4. The van der Waals surface area contributed by atoms with E-state index in [1.165, 1.54) is 16.7 Å². The van der Waals surface area contributed by atoms with Gasteiger partial charge in [0.25, 0.3) is 0 Å². The molecule has 1 aliphatic rings. The Kier molecular flexibility index (Phi) is 16.9. The minimum absolute atomic E-state index is 0. The Bertz CT molecular complexity index is 1870. The number of hydrogen-bond acceptors (Lipinski definition) is 3. The smallest absolute Gasteiger partial charge is 0.857 e. The van der Waals surface area contributed by atoms with Crippen LogP contribution in [-0.2, 0) is 42.1 Å². The van der Waals surface area contributed by atoms with Crippen molar-refractivity contribution in [2.45, 2.75) is 45.4 Å². The SMILES string of the molecule is CC1=[C-]C(C)(C)C(C)=C1C.C[O-].O=C(O)C(c1ccccc1)(c1ccccc1)c1ccccc1.O=C(O)C(c1ccccc1)(c1ccccc1)c1ccccc1.[Ti+2]. The molecular formula is C51H50O5Ti. The van der Waals surface area contributed by atoms with E-state index >= 15 is 0 Å². The summed E-state index contributed by atoms with van der Waals surface area (Å²) in [6.07, 6.45) is 3.44. The van der Waals surface area contributed by atoms with Gasteiger partial charge in [0.1, 0.15) is 10.8 Å². The average Bonchev–Trinajstić information content (AvgIpc) is 3.42. The van der Waals surface area contributed by atoms with E-state index in [-0.39, 0.29) is 27.1 Å². The van der Waals surface area contributed by atoms with E-state index in [0.717, 1.165) is 40.5 Å². The molecular weight excluding hydrogens is 740 g/mol. The second kappa shape index (κ2) is 21.1. The first-order valence-corrected chi connectivity index (χ1v) is 18.5. The summed E-state index contributed by atoms with van der Waals surface area (Å²) in [6.45, 7) is 10.9. The summed E-state index contributed by atoms with van der Waals surface area (Å²) in [6, 6.07) is 56.3. The van der Waals surface area contributed by atoms with Crippen LogP contribution in [0.4, 0.5) is 0 Å². The van der Waals surface area contributed by atoms with Crippen molar-refractivity contribution in [3.8, 4) is 0 Å². The summed E-state index contributed by atoms with van der Waals surface area (Å²) in [5.74, 6) is -1.76. The number of carbonyl (C=O) groups is 2. The van der Waals surface area contributed by atoms with Crippen LogP contribution in [0.1, 0.15) is 68.0 Å². The number of rotatable bonds is 8. The zero-order chi connectivity index (χ0) is 40.8. The molecule has 7 rings (SSSR count). The van der Waals surface area contributed by atoms with Crippen molar-refractivity contribution < 1.29 is 46.6 Å². The Morgan fingerprint density at radius 1 is 0.456 bits per heavy atom. The third-order valence-corrected chi connectivity index (χ3v) is 10.4. The maximum Gasteiger partial charge on any atom is 2.00 e. The van der Waals surface area contributed by atoms with Gasteiger partial charge in [-0.2, -0.15) is 18.3 Å². The minimum Gasteiger partial charge on any atom is -0.857 e. The van der Waals surface area contributed by atoms with Gasteiger partial charge in [-0.15, -0.1) is 6.92 Å². The molecule has 0 spiro atoms. The first-order valence-electron chi connectivity index (χ1n) is 18.5. The minimum atomic E-state index is -1.20. The standard InChI is InChI=1S/2C20H16O2.C10H15.CH3O.Ti/c2*21-19(22)20(16-10-4-1-5-11-16,17-12-6-2-7-13-17)18-14-8-3-9-15-18;1-7-6-10(4,5)9(3)8(7)2;1-2;/h2*1-15H,(H,21,22);1-5H3;1H3;/q;;2*-1;+2. The third kappa shape index (κ3) is 9.87. The van der Waals surface area contributed by atoms with Gasteiger partial charge >= 0.3 is 33.7 Å². The van der Waals surface area contributed by atoms with Crippen molar-refractivity contribution in [1.29, 1.82) is 0 Å². The fourth-order valence-corrected chi connectivity index (χ4v) is 7.28. The Morgan fingerprint density at radius 3 is 0.754 bits per heavy atom. The molecule has 288 valence electrons. The Balaban J connectivity index is 0.000000236. The van der Waals surface area contributed by atoms with Crippen LogP contribution in [0.15, 0.2) is 199 Å². The summed E-state index contributed by atoms with van der Waals surface area (Å²) in [5, 5.41) is 28.6. The van der Waals surface area contributed by atoms with Gasteiger partial charge in [-0.25, -0.2) is 5.57 Å². The molecule has 0 radical (unpaired) electrons. The Labute approximate surface area is 353 Å². The molecule has 0 bridgehead atoms. The number of carboxylic acid groups (broad SMARTS) is 2. The predicted octanol–water partition coefficient (Wildman–Crippen LogP) is 10.3. The summed E-state index contributed by atoms with van der Waals surface area (Å²) in [5.41, 5.74) is 6.48. The maximum atomic E-state index is 12.4. The molecule has 0 aromatic heterocycles. The quantitative estimate of drug-likeness (QED) is 0.0909. The molecule has 57 heavy (non-hydrogen) atoms. The second-order valence-corrected chi connectivity index (χ2v) is 13.9. The van der Waals surface area contributed by atoms with Gasteiger partial charge in [0.2, 0.25) is 0 Å². The second-order valence-electron chi connectivity index (χ2n) is 13.9. The summed E-state index contributed by atoms with van der Waals surface area (Å²) in [4.78, 5) is 24.8. The van der Waals surface area contributed by atoms with Crippen LogP contribution in [0, 0.1) is 11.5 Å². The van der Waals surface area contributed by atoms with E-state index in [4.69, 9.17) is 5.11 Å². The summed E-state index contributed by atoms with van der Waals surface area (Å²) in [7, 11) is 0.750. The van der Waals surface area contributed by atoms with Crippen LogP contribution in [0.3, 0.4) is 0 Å². The van der Waals surface area contributed by atoms with Crippen LogP contribution in [0.5, 0.6) is 0 Å². The van der Waals surface area contributed by atoms with Crippen LogP contribution < -0.4 is 5.11 Å². The number of carboxylic acids is 2. The molecule has 0 saturated heterocycles. The van der Waals surface area contributed by atoms with Crippen molar-refractivity contribution in [2.24, 2.45) is 5.41 Å². The molecule has 0 amide bonds. The first kappa shape index (κ1) is 45.8. The number of hydrogen-bond donors (Lipinski definition) is 2. The van der Waals surface area contributed by atoms with E-state index in [9.17, 15) is 19.8 Å². The summed E-state index contributed by atoms with van der Waals surface area (Å²) >= 11 is 0. The van der Waals surface area contributed by atoms with E-state index in [0.29, 0.717) is 0 Å². The monoisotopic (exact) mass is 790 g/mol. The van der Waals surface area contributed by atoms with Crippen LogP contribution in [0.25, 0.3) is 0 Å². The molecule has 0 atom stereocenters. The predicted molar refractivity (Wildman–Crippen MR) is 224 cm³/mol. The van der Waals surface area contributed by atoms with E-state index in [1.807, 2.05) is 182 Å². The molecule has 1 aliphatic carbocycles. The van der Waals surface area contributed by atoms with Crippen LogP contribution >= 0.6 is 0 Å². The Hall–Kier alpha value is -5.59. The van der Waals surface area contributed by atoms with E-state index in [1.54, 1.807) is 0 Å². The van der Waals surface area contributed by atoms with Gasteiger partial charge in [0.15, 0.2) is 0 Å². The van der Waals surface area contributed by atoms with Crippen molar-refractivity contribution in [1.82, 2.24) is 0 Å².